The zero-order valence-corrected chi connectivity index (χ0v) is 16.2. The van der Waals surface area contributed by atoms with Crippen molar-refractivity contribution in [2.75, 3.05) is 20.2 Å². The van der Waals surface area contributed by atoms with E-state index in [1.807, 2.05) is 12.1 Å². The first-order valence-electron chi connectivity index (χ1n) is 10.0. The van der Waals surface area contributed by atoms with Crippen LogP contribution in [0.1, 0.15) is 49.1 Å². The normalized spacial score (nSPS) is 25.8. The molecule has 3 aliphatic rings. The molecule has 148 valence electrons. The summed E-state index contributed by atoms with van der Waals surface area (Å²) in [6, 6.07) is 7.13. The maximum absolute atomic E-state index is 13.1. The van der Waals surface area contributed by atoms with Crippen LogP contribution in [0.25, 0.3) is 6.08 Å². The first-order valence-corrected chi connectivity index (χ1v) is 10.0. The van der Waals surface area contributed by atoms with Gasteiger partial charge in [0.25, 0.3) is 0 Å². The standard InChI is InChI=1S/C22H26N2O4/c1-28-22(27)19-9-5-13-24(19)21(26)18-8-4-12-23(18)20(25)14-16-11-10-15-6-2-3-7-17(15)16/h2-3,6-7,10-11,16,18-19H,4-5,8-9,12-14H2,1H3/t16?,18-,19+/m1/s1. The van der Waals surface area contributed by atoms with Crippen molar-refractivity contribution < 1.29 is 19.1 Å². The summed E-state index contributed by atoms with van der Waals surface area (Å²) in [6.45, 7) is 1.15. The largest absolute Gasteiger partial charge is 0.467 e. The Morgan fingerprint density at radius 3 is 2.54 bits per heavy atom. The third-order valence-electron chi connectivity index (χ3n) is 6.17. The number of methoxy groups -OCH3 is 1. The maximum atomic E-state index is 13.1. The lowest BCUT2D eigenvalue weighted by atomic mass is 9.97. The van der Waals surface area contributed by atoms with Gasteiger partial charge in [0.05, 0.1) is 7.11 Å². The number of allylic oxidation sites excluding steroid dienone is 1. The van der Waals surface area contributed by atoms with E-state index in [4.69, 9.17) is 4.74 Å². The minimum Gasteiger partial charge on any atom is -0.467 e. The topological polar surface area (TPSA) is 66.9 Å². The summed E-state index contributed by atoms with van der Waals surface area (Å²) < 4.78 is 4.85. The van der Waals surface area contributed by atoms with Crippen LogP contribution in [0.3, 0.4) is 0 Å². The second kappa shape index (κ2) is 7.78. The third-order valence-corrected chi connectivity index (χ3v) is 6.17. The molecule has 1 aromatic rings. The Morgan fingerprint density at radius 2 is 1.75 bits per heavy atom. The second-order valence-electron chi connectivity index (χ2n) is 7.76. The Hall–Kier alpha value is -2.63. The number of carbonyl (C=O) groups excluding carboxylic acids is 3. The van der Waals surface area contributed by atoms with Crippen LogP contribution in [0.2, 0.25) is 0 Å². The molecule has 4 rings (SSSR count). The Bertz CT molecular complexity index is 819. The number of carbonyl (C=O) groups is 3. The molecule has 1 aromatic carbocycles. The number of amides is 2. The van der Waals surface area contributed by atoms with Crippen molar-refractivity contribution in [1.29, 1.82) is 0 Å². The number of rotatable bonds is 4. The fourth-order valence-corrected chi connectivity index (χ4v) is 4.73. The van der Waals surface area contributed by atoms with Gasteiger partial charge >= 0.3 is 5.97 Å². The molecule has 1 aliphatic carbocycles. The molecule has 2 saturated heterocycles. The zero-order valence-electron chi connectivity index (χ0n) is 16.2. The molecule has 2 aliphatic heterocycles. The molecule has 2 fully saturated rings. The van der Waals surface area contributed by atoms with Gasteiger partial charge in [-0.2, -0.15) is 0 Å². The number of benzene rings is 1. The number of ether oxygens (including phenoxy) is 1. The first-order chi connectivity index (χ1) is 13.6. The van der Waals surface area contributed by atoms with Crippen LogP contribution >= 0.6 is 0 Å². The Morgan fingerprint density at radius 1 is 1.04 bits per heavy atom. The van der Waals surface area contributed by atoms with Crippen LogP contribution in [-0.4, -0.2) is 59.9 Å². The molecule has 2 heterocycles. The molecule has 0 saturated carbocycles. The fraction of sp³-hybridized carbons (Fsp3) is 0.500. The summed E-state index contributed by atoms with van der Waals surface area (Å²) >= 11 is 0. The Kier molecular flexibility index (Phi) is 5.20. The number of fused-ring (bicyclic) bond motifs is 1. The minimum absolute atomic E-state index is 0.0102. The average Bonchev–Trinajstić information content (AvgIpc) is 3.46. The minimum atomic E-state index is -0.514. The van der Waals surface area contributed by atoms with Crippen LogP contribution in [0.15, 0.2) is 30.3 Å². The zero-order chi connectivity index (χ0) is 19.7. The summed E-state index contributed by atoms with van der Waals surface area (Å²) in [7, 11) is 1.35. The van der Waals surface area contributed by atoms with Gasteiger partial charge in [0, 0.05) is 25.4 Å². The van der Waals surface area contributed by atoms with Crippen molar-refractivity contribution in [3.05, 3.63) is 41.5 Å². The van der Waals surface area contributed by atoms with Crippen LogP contribution in [0, 0.1) is 0 Å². The van der Waals surface area contributed by atoms with Gasteiger partial charge in [-0.3, -0.25) is 9.59 Å². The molecule has 0 radical (unpaired) electrons. The Balaban J connectivity index is 1.45. The van der Waals surface area contributed by atoms with Crippen molar-refractivity contribution >= 4 is 23.9 Å². The molecule has 28 heavy (non-hydrogen) atoms. The highest BCUT2D eigenvalue weighted by Crippen LogP contribution is 2.34. The highest BCUT2D eigenvalue weighted by Gasteiger charge is 2.42. The summed E-state index contributed by atoms with van der Waals surface area (Å²) in [6.07, 6.45) is 7.40. The first kappa shape index (κ1) is 18.7. The number of hydrogen-bond acceptors (Lipinski definition) is 4. The predicted octanol–water partition coefficient (Wildman–Crippen LogP) is 2.34. The molecule has 0 aromatic heterocycles. The van der Waals surface area contributed by atoms with Gasteiger partial charge < -0.3 is 14.5 Å². The van der Waals surface area contributed by atoms with Crippen LogP contribution in [0.5, 0.6) is 0 Å². The monoisotopic (exact) mass is 382 g/mol. The van der Waals surface area contributed by atoms with E-state index in [9.17, 15) is 14.4 Å². The van der Waals surface area contributed by atoms with Gasteiger partial charge in [-0.1, -0.05) is 36.4 Å². The summed E-state index contributed by atoms with van der Waals surface area (Å²) in [4.78, 5) is 41.5. The van der Waals surface area contributed by atoms with E-state index in [0.29, 0.717) is 32.4 Å². The highest BCUT2D eigenvalue weighted by atomic mass is 16.5. The number of hydrogen-bond donors (Lipinski definition) is 0. The molecular weight excluding hydrogens is 356 g/mol. The highest BCUT2D eigenvalue weighted by molar-refractivity contribution is 5.92. The molecule has 0 N–H and O–H groups in total. The molecule has 1 unspecified atom stereocenters. The average molecular weight is 382 g/mol. The third kappa shape index (κ3) is 3.32. The molecule has 3 atom stereocenters. The van der Waals surface area contributed by atoms with Gasteiger partial charge in [-0.05, 0) is 36.8 Å². The van der Waals surface area contributed by atoms with Gasteiger partial charge in [-0.15, -0.1) is 0 Å². The van der Waals surface area contributed by atoms with Crippen molar-refractivity contribution in [2.45, 2.75) is 50.1 Å². The summed E-state index contributed by atoms with van der Waals surface area (Å²) in [5.41, 5.74) is 2.33. The number of likely N-dealkylation sites (tertiary alicyclic amines) is 2. The molecule has 2 amide bonds. The second-order valence-corrected chi connectivity index (χ2v) is 7.76. The predicted molar refractivity (Wildman–Crippen MR) is 104 cm³/mol. The molecule has 6 heteroatoms. The fourth-order valence-electron chi connectivity index (χ4n) is 4.73. The van der Waals surface area contributed by atoms with E-state index in [0.717, 1.165) is 18.4 Å². The maximum Gasteiger partial charge on any atom is 0.328 e. The van der Waals surface area contributed by atoms with Crippen molar-refractivity contribution in [2.24, 2.45) is 0 Å². The SMILES string of the molecule is COC(=O)[C@@H]1CCCN1C(=O)[C@H]1CCCN1C(=O)CC1C=Cc2ccccc21. The Labute approximate surface area is 165 Å². The number of nitrogens with zero attached hydrogens (tertiary/aromatic N) is 2. The van der Waals surface area contributed by atoms with Gasteiger partial charge in [0.2, 0.25) is 11.8 Å². The van der Waals surface area contributed by atoms with E-state index >= 15 is 0 Å². The quantitative estimate of drug-likeness (QED) is 0.750. The summed E-state index contributed by atoms with van der Waals surface area (Å²) in [5.74, 6) is -0.402. The van der Waals surface area contributed by atoms with Crippen LogP contribution < -0.4 is 0 Å². The molecular formula is C22H26N2O4. The molecule has 0 spiro atoms. The molecule has 0 bridgehead atoms. The molecule has 6 nitrogen and oxygen atoms in total. The smallest absolute Gasteiger partial charge is 0.328 e. The van der Waals surface area contributed by atoms with Crippen LogP contribution in [-0.2, 0) is 19.1 Å². The van der Waals surface area contributed by atoms with E-state index in [1.165, 1.54) is 12.7 Å². The van der Waals surface area contributed by atoms with E-state index in [-0.39, 0.29) is 23.7 Å². The van der Waals surface area contributed by atoms with E-state index in [2.05, 4.69) is 24.3 Å². The van der Waals surface area contributed by atoms with Crippen molar-refractivity contribution in [1.82, 2.24) is 9.80 Å². The van der Waals surface area contributed by atoms with E-state index < -0.39 is 12.1 Å². The van der Waals surface area contributed by atoms with Crippen molar-refractivity contribution in [3.63, 3.8) is 0 Å². The van der Waals surface area contributed by atoms with Gasteiger partial charge in [0.15, 0.2) is 0 Å². The summed E-state index contributed by atoms with van der Waals surface area (Å²) in [5, 5.41) is 0. The lowest BCUT2D eigenvalue weighted by molar-refractivity contribution is -0.153. The lowest BCUT2D eigenvalue weighted by Crippen LogP contribution is -2.51. The van der Waals surface area contributed by atoms with Crippen LogP contribution in [0.4, 0.5) is 0 Å². The van der Waals surface area contributed by atoms with Gasteiger partial charge in [-0.25, -0.2) is 4.79 Å². The number of esters is 1. The lowest BCUT2D eigenvalue weighted by Gasteiger charge is -2.31. The van der Waals surface area contributed by atoms with Gasteiger partial charge in [0.1, 0.15) is 12.1 Å². The van der Waals surface area contributed by atoms with Crippen molar-refractivity contribution in [3.8, 4) is 0 Å². The van der Waals surface area contributed by atoms with E-state index in [1.54, 1.807) is 9.80 Å².